The summed E-state index contributed by atoms with van der Waals surface area (Å²) >= 11 is 0. The smallest absolute Gasteiger partial charge is 0.419 e. The summed E-state index contributed by atoms with van der Waals surface area (Å²) in [6.45, 7) is -0.485. The summed E-state index contributed by atoms with van der Waals surface area (Å²) in [6, 6.07) is 4.75. The summed E-state index contributed by atoms with van der Waals surface area (Å²) in [5.74, 6) is -2.12. The Labute approximate surface area is 139 Å². The molecule has 0 aliphatic rings. The van der Waals surface area contributed by atoms with E-state index in [1.54, 1.807) is 0 Å². The minimum Gasteiger partial charge on any atom is -0.491 e. The number of hydrogen-bond acceptors (Lipinski definition) is 5. The van der Waals surface area contributed by atoms with Gasteiger partial charge in [0.25, 0.3) is 0 Å². The molecule has 0 bridgehead atoms. The van der Waals surface area contributed by atoms with Gasteiger partial charge in [-0.1, -0.05) is 17.3 Å². The second-order valence-corrected chi connectivity index (χ2v) is 4.80. The van der Waals surface area contributed by atoms with E-state index in [9.17, 15) is 22.8 Å². The first-order valence-electron chi connectivity index (χ1n) is 6.96. The summed E-state index contributed by atoms with van der Waals surface area (Å²) in [7, 11) is 0. The summed E-state index contributed by atoms with van der Waals surface area (Å²) in [5, 5.41) is 17.9. The molecular formula is C14H13F3N4O4. The average molecular weight is 358 g/mol. The van der Waals surface area contributed by atoms with Crippen LogP contribution in [0, 0.1) is 0 Å². The van der Waals surface area contributed by atoms with Crippen LogP contribution in [0.15, 0.2) is 30.5 Å². The van der Waals surface area contributed by atoms with Gasteiger partial charge < -0.3 is 15.2 Å². The molecule has 0 spiro atoms. The van der Waals surface area contributed by atoms with E-state index in [1.165, 1.54) is 18.2 Å². The lowest BCUT2D eigenvalue weighted by Crippen LogP contribution is -2.31. The van der Waals surface area contributed by atoms with Crippen LogP contribution in [0.1, 0.15) is 16.1 Å². The van der Waals surface area contributed by atoms with E-state index in [0.29, 0.717) is 0 Å². The number of carbonyl (C=O) groups is 2. The minimum absolute atomic E-state index is 0.0362. The molecule has 0 aliphatic heterocycles. The van der Waals surface area contributed by atoms with Crippen LogP contribution in [0.5, 0.6) is 5.75 Å². The molecule has 0 saturated heterocycles. The van der Waals surface area contributed by atoms with E-state index < -0.39 is 23.6 Å². The van der Waals surface area contributed by atoms with Crippen molar-refractivity contribution in [3.05, 3.63) is 41.7 Å². The Kier molecular flexibility index (Phi) is 5.57. The Morgan fingerprint density at radius 3 is 2.64 bits per heavy atom. The number of benzene rings is 1. The summed E-state index contributed by atoms with van der Waals surface area (Å²) < 4.78 is 44.4. The molecular weight excluding hydrogens is 345 g/mol. The largest absolute Gasteiger partial charge is 0.491 e. The third kappa shape index (κ3) is 5.19. The third-order valence-corrected chi connectivity index (χ3v) is 2.94. The first-order chi connectivity index (χ1) is 11.8. The molecule has 2 rings (SSSR count). The lowest BCUT2D eigenvalue weighted by molar-refractivity contribution is -0.139. The number of ether oxygens (including phenoxy) is 1. The third-order valence-electron chi connectivity index (χ3n) is 2.94. The van der Waals surface area contributed by atoms with Gasteiger partial charge in [-0.3, -0.25) is 4.79 Å². The lowest BCUT2D eigenvalue weighted by atomic mass is 10.2. The van der Waals surface area contributed by atoms with Crippen molar-refractivity contribution in [1.29, 1.82) is 0 Å². The van der Waals surface area contributed by atoms with Crippen LogP contribution in [0.2, 0.25) is 0 Å². The van der Waals surface area contributed by atoms with Crippen molar-refractivity contribution in [1.82, 2.24) is 20.3 Å². The molecule has 0 atom stereocenters. The fourth-order valence-corrected chi connectivity index (χ4v) is 1.85. The zero-order valence-electron chi connectivity index (χ0n) is 12.7. The number of halogens is 3. The number of rotatable bonds is 7. The predicted molar refractivity (Wildman–Crippen MR) is 76.9 cm³/mol. The number of amides is 1. The summed E-state index contributed by atoms with van der Waals surface area (Å²) in [4.78, 5) is 22.3. The number of carboxylic acids is 1. The quantitative estimate of drug-likeness (QED) is 0.720. The van der Waals surface area contributed by atoms with Crippen LogP contribution in [-0.4, -0.2) is 45.1 Å². The first-order valence-corrected chi connectivity index (χ1v) is 6.96. The van der Waals surface area contributed by atoms with Crippen molar-refractivity contribution in [3.8, 4) is 5.75 Å². The highest BCUT2D eigenvalue weighted by atomic mass is 19.4. The van der Waals surface area contributed by atoms with Crippen LogP contribution in [0.25, 0.3) is 0 Å². The molecule has 0 radical (unpaired) electrons. The van der Waals surface area contributed by atoms with Gasteiger partial charge in [0.05, 0.1) is 18.3 Å². The minimum atomic E-state index is -4.53. The standard InChI is InChI=1S/C14H13F3N4O4/c15-14(16,17)9-3-1-2-4-11(9)25-6-5-18-12(22)8-21-7-10(13(23)24)19-20-21/h1-4,7H,5-6,8H2,(H,18,22)(H,23,24). The molecule has 1 amide bonds. The molecule has 0 fully saturated rings. The van der Waals surface area contributed by atoms with Crippen molar-refractivity contribution in [2.45, 2.75) is 12.7 Å². The molecule has 1 heterocycles. The number of carbonyl (C=O) groups excluding carboxylic acids is 1. The number of carboxylic acid groups (broad SMARTS) is 1. The van der Waals surface area contributed by atoms with Gasteiger partial charge in [-0.2, -0.15) is 13.2 Å². The molecule has 1 aromatic carbocycles. The SMILES string of the molecule is O=C(Cn1cc(C(=O)O)nn1)NCCOc1ccccc1C(F)(F)F. The van der Waals surface area contributed by atoms with E-state index >= 15 is 0 Å². The zero-order chi connectivity index (χ0) is 18.4. The highest BCUT2D eigenvalue weighted by Gasteiger charge is 2.33. The maximum atomic E-state index is 12.8. The molecule has 0 aliphatic carbocycles. The molecule has 25 heavy (non-hydrogen) atoms. The van der Waals surface area contributed by atoms with E-state index in [4.69, 9.17) is 9.84 Å². The van der Waals surface area contributed by atoms with Crippen molar-refractivity contribution >= 4 is 11.9 Å². The highest BCUT2D eigenvalue weighted by Crippen LogP contribution is 2.35. The number of hydrogen-bond donors (Lipinski definition) is 2. The summed E-state index contributed by atoms with van der Waals surface area (Å²) in [5.41, 5.74) is -1.20. The van der Waals surface area contributed by atoms with Gasteiger partial charge >= 0.3 is 12.1 Å². The molecule has 11 heteroatoms. The van der Waals surface area contributed by atoms with Crippen LogP contribution >= 0.6 is 0 Å². The zero-order valence-corrected chi connectivity index (χ0v) is 12.7. The van der Waals surface area contributed by atoms with E-state index in [0.717, 1.165) is 16.9 Å². The van der Waals surface area contributed by atoms with Gasteiger partial charge in [0.2, 0.25) is 5.91 Å². The number of nitrogens with zero attached hydrogens (tertiary/aromatic N) is 3. The molecule has 1 aromatic heterocycles. The Morgan fingerprint density at radius 2 is 2.00 bits per heavy atom. The van der Waals surface area contributed by atoms with Gasteiger partial charge in [-0.05, 0) is 12.1 Å². The van der Waals surface area contributed by atoms with Gasteiger partial charge in [-0.15, -0.1) is 5.10 Å². The Hall–Kier alpha value is -3.11. The Morgan fingerprint density at radius 1 is 1.28 bits per heavy atom. The second-order valence-electron chi connectivity index (χ2n) is 4.80. The normalized spacial score (nSPS) is 11.2. The number of aromatic carboxylic acids is 1. The second kappa shape index (κ2) is 7.64. The van der Waals surface area contributed by atoms with Crippen LogP contribution in [-0.2, 0) is 17.5 Å². The van der Waals surface area contributed by atoms with E-state index in [-0.39, 0.29) is 31.1 Å². The predicted octanol–water partition coefficient (Wildman–Crippen LogP) is 1.19. The van der Waals surface area contributed by atoms with Crippen LogP contribution in [0.4, 0.5) is 13.2 Å². The van der Waals surface area contributed by atoms with Gasteiger partial charge in [0.15, 0.2) is 5.69 Å². The fraction of sp³-hybridized carbons (Fsp3) is 0.286. The maximum absolute atomic E-state index is 12.8. The maximum Gasteiger partial charge on any atom is 0.419 e. The van der Waals surface area contributed by atoms with Crippen molar-refractivity contribution in [3.63, 3.8) is 0 Å². The van der Waals surface area contributed by atoms with E-state index in [1.807, 2.05) is 0 Å². The molecule has 2 N–H and O–H groups in total. The fourth-order valence-electron chi connectivity index (χ4n) is 1.85. The Bertz CT molecular complexity index is 761. The number of nitrogens with one attached hydrogen (secondary N) is 1. The van der Waals surface area contributed by atoms with Gasteiger partial charge in [0.1, 0.15) is 18.9 Å². The van der Waals surface area contributed by atoms with E-state index in [2.05, 4.69) is 15.6 Å². The molecule has 2 aromatic rings. The first kappa shape index (κ1) is 18.2. The Balaban J connectivity index is 1.79. The summed E-state index contributed by atoms with van der Waals surface area (Å²) in [6.07, 6.45) is -3.45. The molecule has 8 nitrogen and oxygen atoms in total. The average Bonchev–Trinajstić information content (AvgIpc) is 3.00. The van der Waals surface area contributed by atoms with Crippen LogP contribution < -0.4 is 10.1 Å². The molecule has 0 unspecified atom stereocenters. The van der Waals surface area contributed by atoms with Crippen molar-refractivity contribution < 1.29 is 32.6 Å². The van der Waals surface area contributed by atoms with Crippen molar-refractivity contribution in [2.24, 2.45) is 0 Å². The van der Waals surface area contributed by atoms with Crippen molar-refractivity contribution in [2.75, 3.05) is 13.2 Å². The molecule has 134 valence electrons. The molecule has 0 saturated carbocycles. The number of alkyl halides is 3. The monoisotopic (exact) mass is 358 g/mol. The number of aromatic nitrogens is 3. The van der Waals surface area contributed by atoms with Crippen LogP contribution in [0.3, 0.4) is 0 Å². The highest BCUT2D eigenvalue weighted by molar-refractivity contribution is 5.84. The topological polar surface area (TPSA) is 106 Å². The van der Waals surface area contributed by atoms with Gasteiger partial charge in [0, 0.05) is 0 Å². The number of para-hydroxylation sites is 1. The lowest BCUT2D eigenvalue weighted by Gasteiger charge is -2.13. The van der Waals surface area contributed by atoms with Gasteiger partial charge in [-0.25, -0.2) is 9.48 Å².